The van der Waals surface area contributed by atoms with Gasteiger partial charge in [0.05, 0.1) is 5.69 Å². The summed E-state index contributed by atoms with van der Waals surface area (Å²) in [6.45, 7) is 4.86. The SMILES string of the molecule is CCNC(=O)CC1CCC=C(c2ccc(Cl)cc2)c2cc(OCc3cccc(N)c3)ccc2-n2c(C)nnc21. The molecule has 0 aliphatic carbocycles. The van der Waals surface area contributed by atoms with E-state index in [0.717, 1.165) is 58.2 Å². The number of carbonyl (C=O) groups is 1. The summed E-state index contributed by atoms with van der Waals surface area (Å²) in [5.74, 6) is 2.23. The molecule has 1 unspecified atom stereocenters. The average molecular weight is 542 g/mol. The molecular weight excluding hydrogens is 510 g/mol. The molecule has 0 saturated heterocycles. The molecule has 0 radical (unpaired) electrons. The van der Waals surface area contributed by atoms with Crippen LogP contribution in [0.2, 0.25) is 5.02 Å². The van der Waals surface area contributed by atoms with Crippen LogP contribution < -0.4 is 15.8 Å². The van der Waals surface area contributed by atoms with Gasteiger partial charge in [0.25, 0.3) is 0 Å². The number of aromatic nitrogens is 3. The predicted octanol–water partition coefficient (Wildman–Crippen LogP) is 6.23. The van der Waals surface area contributed by atoms with Crippen molar-refractivity contribution in [3.8, 4) is 11.4 Å². The van der Waals surface area contributed by atoms with Gasteiger partial charge in [-0.25, -0.2) is 0 Å². The summed E-state index contributed by atoms with van der Waals surface area (Å²) in [5, 5.41) is 12.6. The van der Waals surface area contributed by atoms with Gasteiger partial charge >= 0.3 is 0 Å². The minimum Gasteiger partial charge on any atom is -0.489 e. The minimum atomic E-state index is -0.0779. The van der Waals surface area contributed by atoms with Crippen molar-refractivity contribution in [1.82, 2.24) is 20.1 Å². The lowest BCUT2D eigenvalue weighted by Gasteiger charge is -2.19. The average Bonchev–Trinajstić information content (AvgIpc) is 3.32. The second-order valence-electron chi connectivity index (χ2n) is 9.71. The highest BCUT2D eigenvalue weighted by Gasteiger charge is 2.27. The Balaban J connectivity index is 1.61. The van der Waals surface area contributed by atoms with Gasteiger partial charge in [0.2, 0.25) is 5.91 Å². The topological polar surface area (TPSA) is 95.1 Å². The van der Waals surface area contributed by atoms with E-state index in [1.54, 1.807) is 0 Å². The monoisotopic (exact) mass is 541 g/mol. The summed E-state index contributed by atoms with van der Waals surface area (Å²) in [5.41, 5.74) is 11.7. The molecule has 5 rings (SSSR count). The predicted molar refractivity (Wildman–Crippen MR) is 155 cm³/mol. The summed E-state index contributed by atoms with van der Waals surface area (Å²) in [6.07, 6.45) is 4.12. The molecule has 3 N–H and O–H groups in total. The number of nitrogens with two attached hydrogens (primary N) is 1. The Kier molecular flexibility index (Phi) is 7.98. The van der Waals surface area contributed by atoms with Gasteiger partial charge < -0.3 is 15.8 Å². The molecule has 1 aliphatic heterocycles. The van der Waals surface area contributed by atoms with Gasteiger partial charge in [-0.05, 0) is 85.9 Å². The van der Waals surface area contributed by atoms with E-state index in [1.807, 2.05) is 74.5 Å². The number of allylic oxidation sites excluding steroid dienone is 1. The van der Waals surface area contributed by atoms with Crippen LogP contribution in [0.3, 0.4) is 0 Å². The zero-order valence-corrected chi connectivity index (χ0v) is 22.9. The summed E-state index contributed by atoms with van der Waals surface area (Å²) in [4.78, 5) is 12.6. The maximum Gasteiger partial charge on any atom is 0.220 e. The van der Waals surface area contributed by atoms with Gasteiger partial charge in [0, 0.05) is 35.2 Å². The number of amides is 1. The fourth-order valence-electron chi connectivity index (χ4n) is 5.06. The van der Waals surface area contributed by atoms with Gasteiger partial charge in [0.15, 0.2) is 0 Å². The Morgan fingerprint density at radius 3 is 2.72 bits per heavy atom. The van der Waals surface area contributed by atoms with Crippen LogP contribution in [0.15, 0.2) is 72.8 Å². The quantitative estimate of drug-likeness (QED) is 0.271. The lowest BCUT2D eigenvalue weighted by molar-refractivity contribution is -0.121. The lowest BCUT2D eigenvalue weighted by atomic mass is 9.94. The number of rotatable bonds is 7. The zero-order valence-electron chi connectivity index (χ0n) is 22.2. The molecule has 1 atom stereocenters. The highest BCUT2D eigenvalue weighted by molar-refractivity contribution is 6.30. The highest BCUT2D eigenvalue weighted by Crippen LogP contribution is 2.38. The van der Waals surface area contributed by atoms with Crippen LogP contribution in [-0.2, 0) is 11.4 Å². The van der Waals surface area contributed by atoms with E-state index in [9.17, 15) is 4.79 Å². The van der Waals surface area contributed by atoms with Crippen molar-refractivity contribution in [2.24, 2.45) is 0 Å². The van der Waals surface area contributed by atoms with Crippen LogP contribution in [0.5, 0.6) is 5.75 Å². The molecule has 2 heterocycles. The van der Waals surface area contributed by atoms with Gasteiger partial charge in [-0.15, -0.1) is 10.2 Å². The largest absolute Gasteiger partial charge is 0.489 e. The van der Waals surface area contributed by atoms with E-state index < -0.39 is 0 Å². The number of hydrogen-bond donors (Lipinski definition) is 2. The van der Waals surface area contributed by atoms with Gasteiger partial charge in [0.1, 0.15) is 24.0 Å². The van der Waals surface area contributed by atoms with Crippen LogP contribution in [0.1, 0.15) is 60.4 Å². The molecule has 200 valence electrons. The van der Waals surface area contributed by atoms with E-state index in [0.29, 0.717) is 30.3 Å². The molecule has 1 amide bonds. The number of hydrogen-bond acceptors (Lipinski definition) is 5. The molecule has 0 bridgehead atoms. The first-order chi connectivity index (χ1) is 18.9. The second-order valence-corrected chi connectivity index (χ2v) is 10.1. The third kappa shape index (κ3) is 5.99. The van der Waals surface area contributed by atoms with Gasteiger partial charge in [-0.2, -0.15) is 0 Å². The Hall–Kier alpha value is -4.10. The number of aryl methyl sites for hydroxylation is 1. The maximum atomic E-state index is 12.6. The minimum absolute atomic E-state index is 0.0152. The molecule has 8 heteroatoms. The third-order valence-electron chi connectivity index (χ3n) is 6.90. The third-order valence-corrected chi connectivity index (χ3v) is 7.15. The smallest absolute Gasteiger partial charge is 0.220 e. The van der Waals surface area contributed by atoms with Crippen molar-refractivity contribution >= 4 is 28.8 Å². The van der Waals surface area contributed by atoms with Crippen LogP contribution in [0.4, 0.5) is 5.69 Å². The summed E-state index contributed by atoms with van der Waals surface area (Å²) in [6, 6.07) is 21.6. The van der Waals surface area contributed by atoms with Crippen LogP contribution >= 0.6 is 11.6 Å². The van der Waals surface area contributed by atoms with Crippen molar-refractivity contribution < 1.29 is 9.53 Å². The number of ether oxygens (including phenoxy) is 1. The highest BCUT2D eigenvalue weighted by atomic mass is 35.5. The normalized spacial score (nSPS) is 14.7. The molecule has 3 aromatic carbocycles. The summed E-state index contributed by atoms with van der Waals surface area (Å²) < 4.78 is 8.30. The Labute approximate surface area is 233 Å². The van der Waals surface area contributed by atoms with E-state index in [1.165, 1.54) is 0 Å². The van der Waals surface area contributed by atoms with Crippen molar-refractivity contribution in [3.63, 3.8) is 0 Å². The molecular formula is C31H32ClN5O2. The molecule has 1 aliphatic rings. The standard InChI is InChI=1S/C31H32ClN5O2/c1-3-34-30(38)17-23-7-5-9-27(22-10-12-24(32)13-11-22)28-18-26(39-19-21-6-4-8-25(33)16-21)14-15-29(28)37-20(2)35-36-31(23)37/h4,6,8-16,18,23H,3,5,7,17,19,33H2,1-2H3,(H,34,38). The number of anilines is 1. The number of carbonyl (C=O) groups excluding carboxylic acids is 1. The van der Waals surface area contributed by atoms with Gasteiger partial charge in [-0.3, -0.25) is 9.36 Å². The van der Waals surface area contributed by atoms with E-state index >= 15 is 0 Å². The first-order valence-corrected chi connectivity index (χ1v) is 13.6. The van der Waals surface area contributed by atoms with E-state index in [2.05, 4.69) is 32.2 Å². The molecule has 7 nitrogen and oxygen atoms in total. The molecule has 0 saturated carbocycles. The van der Waals surface area contributed by atoms with Crippen molar-refractivity contribution in [1.29, 1.82) is 0 Å². The number of nitrogens with one attached hydrogen (secondary N) is 1. The molecule has 4 aromatic rings. The molecule has 0 fully saturated rings. The number of fused-ring (bicyclic) bond motifs is 3. The van der Waals surface area contributed by atoms with Crippen molar-refractivity contribution in [2.45, 2.75) is 45.6 Å². The first-order valence-electron chi connectivity index (χ1n) is 13.2. The zero-order chi connectivity index (χ0) is 27.4. The Morgan fingerprint density at radius 2 is 1.95 bits per heavy atom. The Bertz CT molecular complexity index is 1510. The lowest BCUT2D eigenvalue weighted by Crippen LogP contribution is -2.25. The number of nitrogen functional groups attached to an aromatic ring is 1. The van der Waals surface area contributed by atoms with Gasteiger partial charge in [-0.1, -0.05) is 41.9 Å². The molecule has 39 heavy (non-hydrogen) atoms. The van der Waals surface area contributed by atoms with Crippen LogP contribution in [-0.4, -0.2) is 27.2 Å². The summed E-state index contributed by atoms with van der Waals surface area (Å²) >= 11 is 6.23. The first kappa shape index (κ1) is 26.5. The fourth-order valence-corrected chi connectivity index (χ4v) is 5.19. The molecule has 0 spiro atoms. The number of nitrogens with zero attached hydrogens (tertiary/aromatic N) is 3. The fraction of sp³-hybridized carbons (Fsp3) is 0.258. The van der Waals surface area contributed by atoms with Crippen LogP contribution in [0, 0.1) is 6.92 Å². The summed E-state index contributed by atoms with van der Waals surface area (Å²) in [7, 11) is 0. The van der Waals surface area contributed by atoms with Crippen molar-refractivity contribution in [3.05, 3.63) is 106 Å². The van der Waals surface area contributed by atoms with Crippen LogP contribution in [0.25, 0.3) is 11.3 Å². The van der Waals surface area contributed by atoms with E-state index in [4.69, 9.17) is 22.1 Å². The number of benzene rings is 3. The Morgan fingerprint density at radius 1 is 1.13 bits per heavy atom. The number of halogens is 1. The second kappa shape index (κ2) is 11.7. The molecule has 1 aromatic heterocycles. The maximum absolute atomic E-state index is 12.6. The van der Waals surface area contributed by atoms with E-state index in [-0.39, 0.29) is 11.8 Å². The van der Waals surface area contributed by atoms with Crippen molar-refractivity contribution in [2.75, 3.05) is 12.3 Å².